The van der Waals surface area contributed by atoms with Gasteiger partial charge in [-0.05, 0) is 49.7 Å². The molecule has 1 aromatic carbocycles. The molecule has 3 aliphatic rings. The number of hydrogen-bond donors (Lipinski definition) is 0. The van der Waals surface area contributed by atoms with Gasteiger partial charge < -0.3 is 9.80 Å². The molecule has 2 saturated heterocycles. The highest BCUT2D eigenvalue weighted by Gasteiger charge is 2.39. The summed E-state index contributed by atoms with van der Waals surface area (Å²) in [6.07, 6.45) is 4.13. The van der Waals surface area contributed by atoms with Crippen LogP contribution in [0.25, 0.3) is 0 Å². The topological polar surface area (TPSA) is 40.6 Å². The Labute approximate surface area is 164 Å². The number of carbonyl (C=O) groups is 2. The molecule has 1 aliphatic carbocycles. The summed E-state index contributed by atoms with van der Waals surface area (Å²) in [5.41, 5.74) is 1.49. The zero-order valence-corrected chi connectivity index (χ0v) is 16.5. The number of piperidine rings is 1. The molecule has 1 aromatic rings. The first-order valence-electron chi connectivity index (χ1n) is 9.56. The van der Waals surface area contributed by atoms with Gasteiger partial charge in [-0.1, -0.05) is 18.0 Å². The van der Waals surface area contributed by atoms with Crippen molar-refractivity contribution in [2.75, 3.05) is 37.7 Å². The van der Waals surface area contributed by atoms with Crippen LogP contribution in [0.1, 0.15) is 47.5 Å². The normalized spacial score (nSPS) is 26.8. The van der Waals surface area contributed by atoms with E-state index in [0.29, 0.717) is 10.6 Å². The molecule has 0 radical (unpaired) electrons. The van der Waals surface area contributed by atoms with E-state index >= 15 is 0 Å². The number of rotatable bonds is 3. The van der Waals surface area contributed by atoms with Crippen LogP contribution in [0.3, 0.4) is 0 Å². The summed E-state index contributed by atoms with van der Waals surface area (Å²) in [6, 6.07) is 5.56. The van der Waals surface area contributed by atoms with E-state index in [1.165, 1.54) is 19.3 Å². The van der Waals surface area contributed by atoms with Crippen molar-refractivity contribution in [1.29, 1.82) is 0 Å². The number of fused-ring (bicyclic) bond motifs is 1. The molecule has 1 amide bonds. The van der Waals surface area contributed by atoms with E-state index in [2.05, 4.69) is 9.80 Å². The first kappa shape index (κ1) is 18.3. The average Bonchev–Trinajstić information content (AvgIpc) is 2.98. The maximum atomic E-state index is 13.4. The molecule has 2 fully saturated rings. The first-order chi connectivity index (χ1) is 12.6. The quantitative estimate of drug-likeness (QED) is 0.790. The lowest BCUT2D eigenvalue weighted by molar-refractivity contribution is -0.135. The first-order valence-corrected chi connectivity index (χ1v) is 11.1. The molecular formula is C20H25ClN2O2S. The molecule has 140 valence electrons. The SMILES string of the molecule is O=C1CC(C(=O)N2CCSCC2CN2CCCCC2)c2cc(Cl)ccc21. The van der Waals surface area contributed by atoms with E-state index in [9.17, 15) is 9.59 Å². The van der Waals surface area contributed by atoms with Crippen LogP contribution in [0.4, 0.5) is 0 Å². The van der Waals surface area contributed by atoms with Gasteiger partial charge in [0.05, 0.1) is 12.0 Å². The van der Waals surface area contributed by atoms with Crippen LogP contribution in [-0.4, -0.2) is 65.2 Å². The highest BCUT2D eigenvalue weighted by atomic mass is 35.5. The molecule has 2 heterocycles. The van der Waals surface area contributed by atoms with Crippen molar-refractivity contribution in [2.45, 2.75) is 37.6 Å². The number of hydrogen-bond acceptors (Lipinski definition) is 4. The van der Waals surface area contributed by atoms with Crippen molar-refractivity contribution < 1.29 is 9.59 Å². The molecule has 6 heteroatoms. The largest absolute Gasteiger partial charge is 0.336 e. The van der Waals surface area contributed by atoms with Gasteiger partial charge in [-0.15, -0.1) is 0 Å². The Morgan fingerprint density at radius 3 is 2.81 bits per heavy atom. The van der Waals surface area contributed by atoms with Crippen molar-refractivity contribution in [3.8, 4) is 0 Å². The molecule has 2 unspecified atom stereocenters. The molecule has 2 aliphatic heterocycles. The van der Waals surface area contributed by atoms with E-state index in [-0.39, 0.29) is 30.1 Å². The Bertz CT molecular complexity index is 705. The van der Waals surface area contributed by atoms with Crippen LogP contribution in [-0.2, 0) is 4.79 Å². The molecule has 0 bridgehead atoms. The lowest BCUT2D eigenvalue weighted by Crippen LogP contribution is -2.53. The number of Topliss-reactive ketones (excluding diaryl/α,β-unsaturated/α-hetero) is 1. The van der Waals surface area contributed by atoms with Crippen LogP contribution in [0, 0.1) is 0 Å². The minimum atomic E-state index is -0.358. The Kier molecular flexibility index (Phi) is 5.58. The van der Waals surface area contributed by atoms with Gasteiger partial charge in [-0.3, -0.25) is 9.59 Å². The Hall–Kier alpha value is -1.04. The second kappa shape index (κ2) is 7.91. The summed E-state index contributed by atoms with van der Waals surface area (Å²) < 4.78 is 0. The summed E-state index contributed by atoms with van der Waals surface area (Å²) in [5, 5.41) is 0.593. The minimum Gasteiger partial charge on any atom is -0.336 e. The second-order valence-corrected chi connectivity index (χ2v) is 9.12. The number of benzene rings is 1. The zero-order valence-electron chi connectivity index (χ0n) is 15.0. The maximum Gasteiger partial charge on any atom is 0.230 e. The number of amides is 1. The predicted molar refractivity (Wildman–Crippen MR) is 106 cm³/mol. The van der Waals surface area contributed by atoms with Crippen LogP contribution < -0.4 is 0 Å². The number of carbonyl (C=O) groups excluding carboxylic acids is 2. The smallest absolute Gasteiger partial charge is 0.230 e. The van der Waals surface area contributed by atoms with E-state index in [4.69, 9.17) is 11.6 Å². The van der Waals surface area contributed by atoms with Crippen LogP contribution in [0.5, 0.6) is 0 Å². The fraction of sp³-hybridized carbons (Fsp3) is 0.600. The average molecular weight is 393 g/mol. The van der Waals surface area contributed by atoms with Crippen molar-refractivity contribution in [1.82, 2.24) is 9.80 Å². The maximum absolute atomic E-state index is 13.4. The summed E-state index contributed by atoms with van der Waals surface area (Å²) in [4.78, 5) is 30.3. The highest BCUT2D eigenvalue weighted by molar-refractivity contribution is 7.99. The standard InChI is InChI=1S/C20H25ClN2O2S/c21-14-4-5-16-17(10-14)18(11-19(16)24)20(25)23-8-9-26-13-15(23)12-22-6-2-1-3-7-22/h4-5,10,15,18H,1-3,6-9,11-13H2. The number of thioether (sulfide) groups is 1. The van der Waals surface area contributed by atoms with Crippen molar-refractivity contribution >= 4 is 35.1 Å². The van der Waals surface area contributed by atoms with E-state index in [0.717, 1.165) is 43.2 Å². The third-order valence-corrected chi connectivity index (χ3v) is 7.13. The second-order valence-electron chi connectivity index (χ2n) is 7.53. The molecule has 0 spiro atoms. The molecule has 0 N–H and O–H groups in total. The molecule has 0 saturated carbocycles. The fourth-order valence-corrected chi connectivity index (χ4v) is 5.67. The zero-order chi connectivity index (χ0) is 18.1. The molecule has 4 rings (SSSR count). The van der Waals surface area contributed by atoms with Gasteiger partial charge in [0.2, 0.25) is 5.91 Å². The third-order valence-electron chi connectivity index (χ3n) is 5.81. The number of halogens is 1. The number of likely N-dealkylation sites (tertiary alicyclic amines) is 1. The van der Waals surface area contributed by atoms with E-state index in [1.807, 2.05) is 17.8 Å². The summed E-state index contributed by atoms with van der Waals surface area (Å²) >= 11 is 8.07. The van der Waals surface area contributed by atoms with Gasteiger partial charge in [-0.2, -0.15) is 11.8 Å². The number of ketones is 1. The van der Waals surface area contributed by atoms with Gasteiger partial charge >= 0.3 is 0 Å². The van der Waals surface area contributed by atoms with E-state index in [1.54, 1.807) is 12.1 Å². The Morgan fingerprint density at radius 2 is 2.00 bits per heavy atom. The lowest BCUT2D eigenvalue weighted by atomic mass is 9.98. The Morgan fingerprint density at radius 1 is 1.19 bits per heavy atom. The van der Waals surface area contributed by atoms with Gasteiger partial charge in [0, 0.05) is 41.6 Å². The predicted octanol–water partition coefficient (Wildman–Crippen LogP) is 3.44. The van der Waals surface area contributed by atoms with Crippen molar-refractivity contribution in [2.24, 2.45) is 0 Å². The minimum absolute atomic E-state index is 0.0639. The van der Waals surface area contributed by atoms with Crippen molar-refractivity contribution in [3.05, 3.63) is 34.3 Å². The van der Waals surface area contributed by atoms with Crippen LogP contribution in [0.2, 0.25) is 5.02 Å². The number of nitrogens with zero attached hydrogens (tertiary/aromatic N) is 2. The fourth-order valence-electron chi connectivity index (χ4n) is 4.44. The van der Waals surface area contributed by atoms with Gasteiger partial charge in [0.1, 0.15) is 0 Å². The third kappa shape index (κ3) is 3.67. The summed E-state index contributed by atoms with van der Waals surface area (Å²) in [6.45, 7) is 4.03. The van der Waals surface area contributed by atoms with E-state index < -0.39 is 0 Å². The molecule has 4 nitrogen and oxygen atoms in total. The molecule has 26 heavy (non-hydrogen) atoms. The summed E-state index contributed by atoms with van der Waals surface area (Å²) in [7, 11) is 0. The molecule has 0 aromatic heterocycles. The lowest BCUT2D eigenvalue weighted by Gasteiger charge is -2.40. The molecular weight excluding hydrogens is 368 g/mol. The highest BCUT2D eigenvalue weighted by Crippen LogP contribution is 2.37. The van der Waals surface area contributed by atoms with Gasteiger partial charge in [-0.25, -0.2) is 0 Å². The molecule has 2 atom stereocenters. The van der Waals surface area contributed by atoms with Crippen LogP contribution in [0.15, 0.2) is 18.2 Å². The van der Waals surface area contributed by atoms with Crippen LogP contribution >= 0.6 is 23.4 Å². The summed E-state index contributed by atoms with van der Waals surface area (Å²) in [5.74, 6) is 1.79. The van der Waals surface area contributed by atoms with Gasteiger partial charge in [0.25, 0.3) is 0 Å². The monoisotopic (exact) mass is 392 g/mol. The van der Waals surface area contributed by atoms with Gasteiger partial charge in [0.15, 0.2) is 5.78 Å². The Balaban J connectivity index is 1.52. The van der Waals surface area contributed by atoms with Crippen molar-refractivity contribution in [3.63, 3.8) is 0 Å².